The van der Waals surface area contributed by atoms with E-state index in [0.717, 1.165) is 0 Å². The Labute approximate surface area is 73.8 Å². The maximum Gasteiger partial charge on any atom is 0.187 e. The molecule has 8 heavy (non-hydrogen) atoms. The molecule has 0 radical (unpaired) electrons. The summed E-state index contributed by atoms with van der Waals surface area (Å²) in [5.74, 6) is -0.401. The van der Waals surface area contributed by atoms with Gasteiger partial charge < -0.3 is 0 Å². The van der Waals surface area contributed by atoms with E-state index in [2.05, 4.69) is 2.81 Å². The minimum absolute atomic E-state index is 0. The van der Waals surface area contributed by atoms with Crippen LogP contribution in [0.2, 0.25) is 0 Å². The van der Waals surface area contributed by atoms with Gasteiger partial charge in [-0.1, -0.05) is 0 Å². The van der Waals surface area contributed by atoms with E-state index in [1.165, 1.54) is 0 Å². The molecule has 0 aromatic rings. The summed E-state index contributed by atoms with van der Waals surface area (Å²) in [6, 6.07) is 0. The van der Waals surface area contributed by atoms with Gasteiger partial charge in [0.15, 0.2) is 17.4 Å². The second-order valence-electron chi connectivity index (χ2n) is 0.755. The minimum atomic E-state index is -1.32. The smallest absolute Gasteiger partial charge is 0.187 e. The van der Waals surface area contributed by atoms with Crippen LogP contribution in [0.3, 0.4) is 0 Å². The van der Waals surface area contributed by atoms with E-state index in [4.69, 9.17) is 14.2 Å². The molecule has 0 aromatic heterocycles. The molecule has 0 aromatic carbocycles. The van der Waals surface area contributed by atoms with Gasteiger partial charge in [-0.05, 0) is 0 Å². The maximum atomic E-state index is 10.0. The molecule has 0 rings (SSSR count). The SMILES string of the molecule is NCC(=O)[O][Zr][Cl].[AlH3]. The van der Waals surface area contributed by atoms with E-state index in [1.807, 2.05) is 0 Å². The van der Waals surface area contributed by atoms with Crippen molar-refractivity contribution in [3.8, 4) is 0 Å². The zero-order valence-electron chi connectivity index (χ0n) is 3.48. The van der Waals surface area contributed by atoms with Gasteiger partial charge in [0.25, 0.3) is 0 Å². The van der Waals surface area contributed by atoms with Crippen LogP contribution in [-0.2, 0) is 30.1 Å². The number of rotatable bonds is 2. The summed E-state index contributed by atoms with van der Waals surface area (Å²) in [5.41, 5.74) is 4.85. The molecule has 0 saturated carbocycles. The molecule has 0 bridgehead atoms. The molecule has 0 atom stereocenters. The number of hydrogen-bond donors (Lipinski definition) is 1. The van der Waals surface area contributed by atoms with Crippen molar-refractivity contribution in [3.05, 3.63) is 0 Å². The number of carbonyl (C=O) groups is 1. The molecule has 0 aliphatic heterocycles. The van der Waals surface area contributed by atoms with Gasteiger partial charge in [0.2, 0.25) is 0 Å². The Balaban J connectivity index is 0. The number of halogens is 1. The van der Waals surface area contributed by atoms with Crippen LogP contribution in [0.4, 0.5) is 0 Å². The molecule has 46 valence electrons. The topological polar surface area (TPSA) is 52.3 Å². The Hall–Kier alpha value is 1.14. The Morgan fingerprint density at radius 2 is 2.38 bits per heavy atom. The fourth-order valence-electron chi connectivity index (χ4n) is 0.0847. The normalized spacial score (nSPS) is 6.75. The fraction of sp³-hybridized carbons (Fsp3) is 0.500. The molecule has 6 heteroatoms. The molecule has 0 fully saturated rings. The van der Waals surface area contributed by atoms with Crippen molar-refractivity contribution < 1.29 is 30.1 Å². The number of hydrogen-bond acceptors (Lipinski definition) is 3. The Morgan fingerprint density at radius 3 is 2.50 bits per heavy atom. The molecular weight excluding hydrogens is 224 g/mol. The Kier molecular flexibility index (Phi) is 12.1. The molecule has 0 unspecified atom stereocenters. The zero-order valence-corrected chi connectivity index (χ0v) is 6.69. The fourth-order valence-corrected chi connectivity index (χ4v) is 1.01. The van der Waals surface area contributed by atoms with Crippen molar-refractivity contribution in [3.63, 3.8) is 0 Å². The van der Waals surface area contributed by atoms with Gasteiger partial charge >= 0.3 is 56.9 Å². The van der Waals surface area contributed by atoms with E-state index >= 15 is 0 Å². The van der Waals surface area contributed by atoms with Gasteiger partial charge in [0.1, 0.15) is 0 Å². The molecule has 2 N–H and O–H groups in total. The molecule has 0 spiro atoms. The van der Waals surface area contributed by atoms with Crippen LogP contribution in [0.15, 0.2) is 0 Å². The van der Waals surface area contributed by atoms with Crippen LogP contribution in [0.25, 0.3) is 0 Å². The molecule has 0 aliphatic carbocycles. The summed E-state index contributed by atoms with van der Waals surface area (Å²) in [6.45, 7) is -0.0619. The molecule has 0 heterocycles. The average molecular weight is 231 g/mol. The van der Waals surface area contributed by atoms with Crippen LogP contribution >= 0.6 is 8.51 Å². The molecule has 0 saturated heterocycles. The molecular formula is C2H7AlClNO2Zr. The van der Waals surface area contributed by atoms with Gasteiger partial charge in [-0.3, -0.25) is 0 Å². The third-order valence-electron chi connectivity index (χ3n) is 0.319. The number of carbonyl (C=O) groups excluding carboxylic acids is 1. The van der Waals surface area contributed by atoms with E-state index < -0.39 is 28.5 Å². The third kappa shape index (κ3) is 7.14. The predicted molar refractivity (Wildman–Crippen MR) is 30.9 cm³/mol. The van der Waals surface area contributed by atoms with Crippen LogP contribution < -0.4 is 5.73 Å². The molecule has 0 aliphatic rings. The van der Waals surface area contributed by atoms with Crippen molar-refractivity contribution >= 4 is 31.8 Å². The molecule has 0 amide bonds. The monoisotopic (exact) mass is 229 g/mol. The summed E-state index contributed by atoms with van der Waals surface area (Å²) in [6.07, 6.45) is 0. The summed E-state index contributed by atoms with van der Waals surface area (Å²) < 4.78 is 4.36. The van der Waals surface area contributed by atoms with Crippen molar-refractivity contribution in [2.24, 2.45) is 5.73 Å². The zero-order chi connectivity index (χ0) is 5.70. The number of nitrogens with two attached hydrogens (primary N) is 1. The van der Waals surface area contributed by atoms with Crippen LogP contribution in [-0.4, -0.2) is 29.9 Å². The Bertz CT molecular complexity index is 73.1. The molecule has 3 nitrogen and oxygen atoms in total. The summed E-state index contributed by atoms with van der Waals surface area (Å²) in [7, 11) is 5.15. The van der Waals surface area contributed by atoms with Gasteiger partial charge in [0.05, 0.1) is 0 Å². The second kappa shape index (κ2) is 8.14. The largest absolute Gasteiger partial charge is 0.187 e. The quantitative estimate of drug-likeness (QED) is 0.585. The summed E-state index contributed by atoms with van der Waals surface area (Å²) >= 11 is -1.32. The van der Waals surface area contributed by atoms with Crippen LogP contribution in [0, 0.1) is 0 Å². The summed E-state index contributed by atoms with van der Waals surface area (Å²) in [5, 5.41) is 0. The summed E-state index contributed by atoms with van der Waals surface area (Å²) in [4.78, 5) is 10.0. The minimum Gasteiger partial charge on any atom is 0.187 e. The maximum absolute atomic E-state index is 10.0. The van der Waals surface area contributed by atoms with Crippen molar-refractivity contribution in [1.82, 2.24) is 0 Å². The van der Waals surface area contributed by atoms with Gasteiger partial charge in [-0.25, -0.2) is 0 Å². The van der Waals surface area contributed by atoms with Crippen LogP contribution in [0.5, 0.6) is 0 Å². The standard InChI is InChI=1S/C2H5NO2.Al.ClH.Zr.3H/c3-1-2(4)5;;;;;;/h1,3H2,(H,4,5);;1H;;;;/q;;;+2;;;/p-2. The Morgan fingerprint density at radius 1 is 1.88 bits per heavy atom. The first kappa shape index (κ1) is 11.9. The second-order valence-corrected chi connectivity index (χ2v) is 2.55. The van der Waals surface area contributed by atoms with Crippen LogP contribution in [0.1, 0.15) is 0 Å². The van der Waals surface area contributed by atoms with E-state index in [9.17, 15) is 4.79 Å². The third-order valence-corrected chi connectivity index (χ3v) is 1.52. The van der Waals surface area contributed by atoms with Crippen molar-refractivity contribution in [1.29, 1.82) is 0 Å². The van der Waals surface area contributed by atoms with E-state index in [1.54, 1.807) is 0 Å². The van der Waals surface area contributed by atoms with Gasteiger partial charge in [0, 0.05) is 0 Å². The van der Waals surface area contributed by atoms with E-state index in [0.29, 0.717) is 0 Å². The van der Waals surface area contributed by atoms with E-state index in [-0.39, 0.29) is 23.9 Å². The van der Waals surface area contributed by atoms with Gasteiger partial charge in [-0.15, -0.1) is 0 Å². The van der Waals surface area contributed by atoms with Crippen molar-refractivity contribution in [2.45, 2.75) is 0 Å². The first-order valence-corrected chi connectivity index (χ1v) is 5.73. The average Bonchev–Trinajstić information content (AvgIpc) is 1.68. The predicted octanol–water partition coefficient (Wildman–Crippen LogP) is -1.54. The van der Waals surface area contributed by atoms with Crippen molar-refractivity contribution in [2.75, 3.05) is 6.54 Å². The first-order valence-electron chi connectivity index (χ1n) is 1.56. The van der Waals surface area contributed by atoms with Gasteiger partial charge in [-0.2, -0.15) is 0 Å². The first-order chi connectivity index (χ1) is 3.31.